The molecule has 0 aliphatic rings. The second-order valence-corrected chi connectivity index (χ2v) is 6.23. The first-order valence-electron chi connectivity index (χ1n) is 5.35. The lowest BCUT2D eigenvalue weighted by Gasteiger charge is -2.25. The molecule has 0 unspecified atom stereocenters. The maximum atomic E-state index is 2.44. The third kappa shape index (κ3) is 2.38. The van der Waals surface area contributed by atoms with Crippen molar-refractivity contribution in [2.75, 3.05) is 18.0 Å². The highest BCUT2D eigenvalue weighted by Crippen LogP contribution is 2.11. The Hall–Kier alpha value is -0.763. The molecule has 14 heavy (non-hydrogen) atoms. The van der Waals surface area contributed by atoms with Gasteiger partial charge in [0, 0.05) is 18.8 Å². The highest BCUT2D eigenvalue weighted by molar-refractivity contribution is 6.72. The van der Waals surface area contributed by atoms with Crippen LogP contribution in [0.15, 0.2) is 24.3 Å². The van der Waals surface area contributed by atoms with E-state index >= 15 is 0 Å². The van der Waals surface area contributed by atoms with Gasteiger partial charge in [0.15, 0.2) is 0 Å². The van der Waals surface area contributed by atoms with Crippen LogP contribution < -0.4 is 10.1 Å². The van der Waals surface area contributed by atoms with Gasteiger partial charge in [0.25, 0.3) is 0 Å². The Balaban J connectivity index is 3.05. The number of hydrogen-bond donors (Lipinski definition) is 0. The molecule has 1 radical (unpaired) electrons. The average molecular weight is 206 g/mol. The van der Waals surface area contributed by atoms with Gasteiger partial charge in [0.2, 0.25) is 0 Å². The van der Waals surface area contributed by atoms with Gasteiger partial charge >= 0.3 is 0 Å². The molecule has 1 aromatic rings. The number of anilines is 1. The van der Waals surface area contributed by atoms with Crippen LogP contribution in [0.4, 0.5) is 5.69 Å². The van der Waals surface area contributed by atoms with Crippen LogP contribution in [0, 0.1) is 0 Å². The van der Waals surface area contributed by atoms with Gasteiger partial charge in [-0.2, -0.15) is 0 Å². The van der Waals surface area contributed by atoms with Crippen molar-refractivity contribution in [2.24, 2.45) is 0 Å². The third-order valence-corrected chi connectivity index (χ3v) is 4.05. The summed E-state index contributed by atoms with van der Waals surface area (Å²) in [5, 5.41) is 1.56. The minimum atomic E-state index is -0.348. The predicted octanol–water partition coefficient (Wildman–Crippen LogP) is 2.49. The van der Waals surface area contributed by atoms with Crippen molar-refractivity contribution in [1.82, 2.24) is 0 Å². The maximum absolute atomic E-state index is 2.44. The van der Waals surface area contributed by atoms with E-state index < -0.39 is 0 Å². The average Bonchev–Trinajstić information content (AvgIpc) is 2.20. The summed E-state index contributed by atoms with van der Waals surface area (Å²) in [6.45, 7) is 11.3. The Morgan fingerprint density at radius 2 is 1.64 bits per heavy atom. The maximum Gasteiger partial charge on any atom is 0.0819 e. The molecule has 2 heteroatoms. The molecule has 0 heterocycles. The number of rotatable bonds is 4. The summed E-state index contributed by atoms with van der Waals surface area (Å²) >= 11 is 0. The lowest BCUT2D eigenvalue weighted by molar-refractivity contribution is 0.869. The van der Waals surface area contributed by atoms with Crippen LogP contribution in [0.3, 0.4) is 0 Å². The van der Waals surface area contributed by atoms with E-state index in [0.29, 0.717) is 0 Å². The van der Waals surface area contributed by atoms with Crippen molar-refractivity contribution in [1.29, 1.82) is 0 Å². The van der Waals surface area contributed by atoms with Crippen molar-refractivity contribution >= 4 is 19.7 Å². The standard InChI is InChI=1S/C12H20NSi/c1-5-13(6-2)11-9-7-8-10-12(11)14(3)4/h7-10H,5-6H2,1-4H3. The van der Waals surface area contributed by atoms with Crippen molar-refractivity contribution in [3.05, 3.63) is 24.3 Å². The molecule has 1 nitrogen and oxygen atoms in total. The molecule has 0 aliphatic carbocycles. The van der Waals surface area contributed by atoms with Gasteiger partial charge < -0.3 is 4.90 Å². The fourth-order valence-electron chi connectivity index (χ4n) is 1.74. The van der Waals surface area contributed by atoms with Crippen molar-refractivity contribution < 1.29 is 0 Å². The Morgan fingerprint density at radius 1 is 1.07 bits per heavy atom. The normalized spacial score (nSPS) is 10.6. The zero-order valence-electron chi connectivity index (χ0n) is 9.67. The first-order valence-corrected chi connectivity index (χ1v) is 7.85. The van der Waals surface area contributed by atoms with E-state index in [1.165, 1.54) is 5.69 Å². The van der Waals surface area contributed by atoms with E-state index in [2.05, 4.69) is 56.1 Å². The molecule has 0 spiro atoms. The monoisotopic (exact) mass is 206 g/mol. The van der Waals surface area contributed by atoms with E-state index in [0.717, 1.165) is 13.1 Å². The van der Waals surface area contributed by atoms with Gasteiger partial charge in [-0.15, -0.1) is 0 Å². The summed E-state index contributed by atoms with van der Waals surface area (Å²) < 4.78 is 0. The summed E-state index contributed by atoms with van der Waals surface area (Å²) in [4.78, 5) is 2.44. The molecule has 0 fully saturated rings. The smallest absolute Gasteiger partial charge is 0.0819 e. The van der Waals surface area contributed by atoms with E-state index in [1.54, 1.807) is 5.19 Å². The van der Waals surface area contributed by atoms with E-state index in [-0.39, 0.29) is 8.80 Å². The molecular weight excluding hydrogens is 186 g/mol. The highest BCUT2D eigenvalue weighted by Gasteiger charge is 2.10. The number of para-hydroxylation sites is 1. The van der Waals surface area contributed by atoms with Crippen LogP contribution >= 0.6 is 0 Å². The summed E-state index contributed by atoms with van der Waals surface area (Å²) in [6, 6.07) is 8.82. The van der Waals surface area contributed by atoms with E-state index in [9.17, 15) is 0 Å². The van der Waals surface area contributed by atoms with Gasteiger partial charge in [-0.1, -0.05) is 31.3 Å². The molecule has 0 amide bonds. The second-order valence-electron chi connectivity index (χ2n) is 3.69. The molecule has 0 saturated carbocycles. The van der Waals surface area contributed by atoms with Gasteiger partial charge in [0.1, 0.15) is 0 Å². The van der Waals surface area contributed by atoms with Gasteiger partial charge in [-0.3, -0.25) is 0 Å². The fourth-order valence-corrected chi connectivity index (χ4v) is 2.92. The minimum Gasteiger partial charge on any atom is -0.372 e. The van der Waals surface area contributed by atoms with Crippen molar-refractivity contribution in [2.45, 2.75) is 26.9 Å². The number of benzene rings is 1. The summed E-state index contributed by atoms with van der Waals surface area (Å²) in [5.74, 6) is 0. The van der Waals surface area contributed by atoms with Crippen molar-refractivity contribution in [3.8, 4) is 0 Å². The van der Waals surface area contributed by atoms with Crippen LogP contribution in [0.25, 0.3) is 0 Å². The van der Waals surface area contributed by atoms with Gasteiger partial charge in [-0.05, 0) is 25.1 Å². The molecule has 1 aromatic carbocycles. The Labute approximate surface area is 89.4 Å². The van der Waals surface area contributed by atoms with E-state index in [1.807, 2.05) is 0 Å². The topological polar surface area (TPSA) is 3.24 Å². The Kier molecular flexibility index (Phi) is 4.20. The molecule has 0 aromatic heterocycles. The first kappa shape index (κ1) is 11.3. The molecule has 0 saturated heterocycles. The van der Waals surface area contributed by atoms with Crippen LogP contribution in [0.2, 0.25) is 13.1 Å². The molecule has 1 rings (SSSR count). The van der Waals surface area contributed by atoms with Crippen LogP contribution in [0.5, 0.6) is 0 Å². The summed E-state index contributed by atoms with van der Waals surface area (Å²) in [7, 11) is -0.348. The fraction of sp³-hybridized carbons (Fsp3) is 0.500. The SMILES string of the molecule is CCN(CC)c1ccccc1[Si](C)C. The molecule has 0 aliphatic heterocycles. The predicted molar refractivity (Wildman–Crippen MR) is 67.1 cm³/mol. The molecule has 77 valence electrons. The van der Waals surface area contributed by atoms with Crippen molar-refractivity contribution in [3.63, 3.8) is 0 Å². The second kappa shape index (κ2) is 5.20. The largest absolute Gasteiger partial charge is 0.372 e. The number of nitrogens with zero attached hydrogens (tertiary/aromatic N) is 1. The molecule has 0 bridgehead atoms. The minimum absolute atomic E-state index is 0.348. The zero-order valence-corrected chi connectivity index (χ0v) is 10.7. The Bertz CT molecular complexity index is 279. The summed E-state index contributed by atoms with van der Waals surface area (Å²) in [6.07, 6.45) is 0. The lowest BCUT2D eigenvalue weighted by Crippen LogP contribution is -2.33. The van der Waals surface area contributed by atoms with Gasteiger partial charge in [-0.25, -0.2) is 0 Å². The van der Waals surface area contributed by atoms with Gasteiger partial charge in [0.05, 0.1) is 8.80 Å². The molecule has 0 atom stereocenters. The van der Waals surface area contributed by atoms with E-state index in [4.69, 9.17) is 0 Å². The summed E-state index contributed by atoms with van der Waals surface area (Å²) in [5.41, 5.74) is 1.44. The zero-order chi connectivity index (χ0) is 10.6. The Morgan fingerprint density at radius 3 is 2.14 bits per heavy atom. The number of hydrogen-bond acceptors (Lipinski definition) is 1. The van der Waals surface area contributed by atoms with Crippen LogP contribution in [-0.2, 0) is 0 Å². The third-order valence-electron chi connectivity index (χ3n) is 2.55. The van der Waals surface area contributed by atoms with Crippen LogP contribution in [0.1, 0.15) is 13.8 Å². The molecule has 0 N–H and O–H groups in total. The molecular formula is C12H20NSi. The lowest BCUT2D eigenvalue weighted by atomic mass is 10.3. The quantitative estimate of drug-likeness (QED) is 0.684. The first-order chi connectivity index (χ1) is 6.70. The highest BCUT2D eigenvalue weighted by atomic mass is 28.3. The van der Waals surface area contributed by atoms with Crippen LogP contribution in [-0.4, -0.2) is 21.9 Å².